The van der Waals surface area contributed by atoms with Crippen LogP contribution < -0.4 is 5.32 Å². The Hall–Kier alpha value is -2.11. The number of aromatic amines is 1. The van der Waals surface area contributed by atoms with E-state index in [1.54, 1.807) is 24.9 Å². The molecule has 6 heteroatoms. The molecule has 0 radical (unpaired) electrons. The van der Waals surface area contributed by atoms with Crippen molar-refractivity contribution in [2.75, 3.05) is 0 Å². The van der Waals surface area contributed by atoms with Gasteiger partial charge in [-0.05, 0) is 13.3 Å². The molecule has 0 aliphatic heterocycles. The van der Waals surface area contributed by atoms with Gasteiger partial charge >= 0.3 is 0 Å². The van der Waals surface area contributed by atoms with Gasteiger partial charge < -0.3 is 14.9 Å². The number of imidazole rings is 2. The van der Waals surface area contributed by atoms with Gasteiger partial charge in [0.05, 0.1) is 12.4 Å². The third-order valence-corrected chi connectivity index (χ3v) is 3.30. The molecule has 2 N–H and O–H groups in total. The zero-order valence-electron chi connectivity index (χ0n) is 11.9. The van der Waals surface area contributed by atoms with Crippen LogP contribution in [0.3, 0.4) is 0 Å². The summed E-state index contributed by atoms with van der Waals surface area (Å²) in [7, 11) is 0. The van der Waals surface area contributed by atoms with Crippen LogP contribution in [-0.4, -0.2) is 25.4 Å². The van der Waals surface area contributed by atoms with E-state index in [0.717, 1.165) is 18.7 Å². The maximum atomic E-state index is 12.1. The van der Waals surface area contributed by atoms with E-state index in [-0.39, 0.29) is 18.0 Å². The van der Waals surface area contributed by atoms with Crippen LogP contribution in [0.25, 0.3) is 0 Å². The fraction of sp³-hybridized carbons (Fsp3) is 0.500. The Bertz CT molecular complexity index is 506. The summed E-state index contributed by atoms with van der Waals surface area (Å²) in [5, 5.41) is 2.97. The maximum absolute atomic E-state index is 12.1. The molecule has 20 heavy (non-hydrogen) atoms. The summed E-state index contributed by atoms with van der Waals surface area (Å²) in [4.78, 5) is 23.3. The Morgan fingerprint density at radius 1 is 1.50 bits per heavy atom. The first-order valence-corrected chi connectivity index (χ1v) is 6.96. The number of hydrogen-bond acceptors (Lipinski definition) is 3. The lowest BCUT2D eigenvalue weighted by atomic mass is 10.1. The predicted molar refractivity (Wildman–Crippen MR) is 75.9 cm³/mol. The van der Waals surface area contributed by atoms with E-state index in [1.807, 2.05) is 17.7 Å². The molecule has 2 atom stereocenters. The first-order valence-electron chi connectivity index (χ1n) is 6.96. The largest absolute Gasteiger partial charge is 0.347 e. The molecular weight excluding hydrogens is 254 g/mol. The lowest BCUT2D eigenvalue weighted by Crippen LogP contribution is -2.29. The summed E-state index contributed by atoms with van der Waals surface area (Å²) in [5.41, 5.74) is 0. The van der Waals surface area contributed by atoms with Crippen LogP contribution in [-0.2, 0) is 4.79 Å². The Morgan fingerprint density at radius 3 is 2.95 bits per heavy atom. The van der Waals surface area contributed by atoms with E-state index >= 15 is 0 Å². The highest BCUT2D eigenvalue weighted by Gasteiger charge is 2.17. The molecule has 2 aromatic rings. The molecular formula is C14H21N5O. The van der Waals surface area contributed by atoms with Gasteiger partial charge in [0, 0.05) is 37.3 Å². The predicted octanol–water partition coefficient (Wildman–Crippen LogP) is 2.21. The van der Waals surface area contributed by atoms with Crippen molar-refractivity contribution in [2.24, 2.45) is 0 Å². The number of H-pyrrole nitrogens is 1. The molecule has 1 amide bonds. The standard InChI is InChI=1S/C14H21N5O/c1-3-4-12(19-8-7-15-10-19)9-13(20)18-11(2)14-16-5-6-17-14/h5-8,10-12H,3-4,9H2,1-2H3,(H,16,17)(H,18,20). The van der Waals surface area contributed by atoms with Gasteiger partial charge in [0.25, 0.3) is 0 Å². The quantitative estimate of drug-likeness (QED) is 0.813. The second kappa shape index (κ2) is 6.88. The molecule has 0 saturated heterocycles. The summed E-state index contributed by atoms with van der Waals surface area (Å²) in [6.45, 7) is 4.04. The monoisotopic (exact) mass is 275 g/mol. The van der Waals surface area contributed by atoms with Gasteiger partial charge in [0.15, 0.2) is 0 Å². The highest BCUT2D eigenvalue weighted by Crippen LogP contribution is 2.18. The molecule has 2 rings (SSSR count). The number of carbonyl (C=O) groups is 1. The van der Waals surface area contributed by atoms with Gasteiger partial charge in [0.1, 0.15) is 5.82 Å². The Labute approximate surface area is 118 Å². The zero-order valence-corrected chi connectivity index (χ0v) is 11.9. The fourth-order valence-electron chi connectivity index (χ4n) is 2.27. The van der Waals surface area contributed by atoms with E-state index in [9.17, 15) is 4.79 Å². The first-order chi connectivity index (χ1) is 9.70. The zero-order chi connectivity index (χ0) is 14.4. The molecule has 0 saturated carbocycles. The molecule has 0 aliphatic rings. The van der Waals surface area contributed by atoms with Crippen LogP contribution in [0.5, 0.6) is 0 Å². The Kier molecular flexibility index (Phi) is 4.92. The smallest absolute Gasteiger partial charge is 0.222 e. The van der Waals surface area contributed by atoms with Crippen LogP contribution in [0.2, 0.25) is 0 Å². The maximum Gasteiger partial charge on any atom is 0.222 e. The van der Waals surface area contributed by atoms with Gasteiger partial charge in [-0.1, -0.05) is 13.3 Å². The Morgan fingerprint density at radius 2 is 2.35 bits per heavy atom. The number of nitrogens with one attached hydrogen (secondary N) is 2. The van der Waals surface area contributed by atoms with E-state index in [4.69, 9.17) is 0 Å². The van der Waals surface area contributed by atoms with E-state index in [2.05, 4.69) is 27.2 Å². The Balaban J connectivity index is 1.92. The molecule has 0 bridgehead atoms. The summed E-state index contributed by atoms with van der Waals surface area (Å²) in [6, 6.07) is 0.0499. The van der Waals surface area contributed by atoms with Crippen molar-refractivity contribution in [1.82, 2.24) is 24.8 Å². The lowest BCUT2D eigenvalue weighted by Gasteiger charge is -2.19. The summed E-state index contributed by atoms with van der Waals surface area (Å²) in [5.74, 6) is 0.800. The van der Waals surface area contributed by atoms with Crippen molar-refractivity contribution in [2.45, 2.75) is 45.2 Å². The highest BCUT2D eigenvalue weighted by molar-refractivity contribution is 5.76. The molecule has 0 aromatic carbocycles. The molecule has 6 nitrogen and oxygen atoms in total. The third-order valence-electron chi connectivity index (χ3n) is 3.30. The second-order valence-corrected chi connectivity index (χ2v) is 4.92. The van der Waals surface area contributed by atoms with Crippen molar-refractivity contribution < 1.29 is 4.79 Å². The van der Waals surface area contributed by atoms with Crippen molar-refractivity contribution in [3.8, 4) is 0 Å². The number of nitrogens with zero attached hydrogens (tertiary/aromatic N) is 3. The fourth-order valence-corrected chi connectivity index (χ4v) is 2.27. The van der Waals surface area contributed by atoms with Gasteiger partial charge in [-0.2, -0.15) is 0 Å². The molecule has 2 aromatic heterocycles. The van der Waals surface area contributed by atoms with Crippen molar-refractivity contribution in [1.29, 1.82) is 0 Å². The SMILES string of the molecule is CCCC(CC(=O)NC(C)c1ncc[nH]1)n1ccnc1. The minimum absolute atomic E-state index is 0.0288. The normalized spacial score (nSPS) is 13.9. The number of rotatable bonds is 7. The number of carbonyl (C=O) groups excluding carboxylic acids is 1. The topological polar surface area (TPSA) is 75.6 Å². The summed E-state index contributed by atoms with van der Waals surface area (Å²) < 4.78 is 2.00. The highest BCUT2D eigenvalue weighted by atomic mass is 16.1. The van der Waals surface area contributed by atoms with Crippen molar-refractivity contribution in [3.05, 3.63) is 36.9 Å². The van der Waals surface area contributed by atoms with E-state index < -0.39 is 0 Å². The lowest BCUT2D eigenvalue weighted by molar-refractivity contribution is -0.122. The van der Waals surface area contributed by atoms with Gasteiger partial charge in [-0.15, -0.1) is 0 Å². The van der Waals surface area contributed by atoms with Crippen LogP contribution in [0.1, 0.15) is 51.0 Å². The minimum atomic E-state index is -0.109. The number of amides is 1. The van der Waals surface area contributed by atoms with Crippen molar-refractivity contribution in [3.63, 3.8) is 0 Å². The first kappa shape index (κ1) is 14.3. The summed E-state index contributed by atoms with van der Waals surface area (Å²) in [6.07, 6.45) is 11.3. The third kappa shape index (κ3) is 3.69. The average molecular weight is 275 g/mol. The van der Waals surface area contributed by atoms with E-state index in [1.165, 1.54) is 0 Å². The minimum Gasteiger partial charge on any atom is -0.347 e. The van der Waals surface area contributed by atoms with Crippen LogP contribution in [0.4, 0.5) is 0 Å². The second-order valence-electron chi connectivity index (χ2n) is 4.92. The van der Waals surface area contributed by atoms with Gasteiger partial charge in [-0.25, -0.2) is 9.97 Å². The number of aromatic nitrogens is 4. The number of hydrogen-bond donors (Lipinski definition) is 2. The molecule has 0 aliphatic carbocycles. The van der Waals surface area contributed by atoms with Crippen LogP contribution in [0.15, 0.2) is 31.1 Å². The van der Waals surface area contributed by atoms with Gasteiger partial charge in [0.2, 0.25) is 5.91 Å². The molecule has 0 fully saturated rings. The summed E-state index contributed by atoms with van der Waals surface area (Å²) >= 11 is 0. The van der Waals surface area contributed by atoms with E-state index in [0.29, 0.717) is 6.42 Å². The molecule has 2 unspecified atom stereocenters. The van der Waals surface area contributed by atoms with Gasteiger partial charge in [-0.3, -0.25) is 4.79 Å². The molecule has 0 spiro atoms. The van der Waals surface area contributed by atoms with Crippen LogP contribution >= 0.6 is 0 Å². The molecule has 2 heterocycles. The van der Waals surface area contributed by atoms with Crippen LogP contribution in [0, 0.1) is 0 Å². The molecule has 108 valence electrons. The van der Waals surface area contributed by atoms with Crippen molar-refractivity contribution >= 4 is 5.91 Å². The average Bonchev–Trinajstić information content (AvgIpc) is 3.11.